The highest BCUT2D eigenvalue weighted by Gasteiger charge is 2.39. The molecular weight excluding hydrogens is 506 g/mol. The molecule has 2 bridgehead atoms. The Labute approximate surface area is 226 Å². The fourth-order valence-electron chi connectivity index (χ4n) is 5.77. The first-order chi connectivity index (χ1) is 18.8. The van der Waals surface area contributed by atoms with Gasteiger partial charge in [-0.25, -0.2) is 13.8 Å². The number of amides is 1. The summed E-state index contributed by atoms with van der Waals surface area (Å²) in [7, 11) is 2.79. The topological polar surface area (TPSA) is 106 Å². The van der Waals surface area contributed by atoms with Crippen LogP contribution in [0.3, 0.4) is 0 Å². The molecule has 11 heteroatoms. The molecule has 0 saturated carbocycles. The van der Waals surface area contributed by atoms with Gasteiger partial charge in [-0.05, 0) is 49.1 Å². The van der Waals surface area contributed by atoms with E-state index in [0.29, 0.717) is 43.4 Å². The molecule has 5 rings (SSSR count). The number of fused-ring (bicyclic) bond motifs is 3. The van der Waals surface area contributed by atoms with Gasteiger partial charge in [-0.15, -0.1) is 0 Å². The number of carbonyl (C=O) groups is 1. The lowest BCUT2D eigenvalue weighted by Crippen LogP contribution is -2.45. The summed E-state index contributed by atoms with van der Waals surface area (Å²) < 4.78 is 39.3. The highest BCUT2D eigenvalue weighted by molar-refractivity contribution is 5.92. The number of hydrogen-bond donors (Lipinski definition) is 2. The maximum atomic E-state index is 15.4. The summed E-state index contributed by atoms with van der Waals surface area (Å²) in [4.78, 5) is 26.5. The molecule has 1 aromatic heterocycles. The zero-order chi connectivity index (χ0) is 27.7. The number of halogens is 2. The van der Waals surface area contributed by atoms with E-state index in [-0.39, 0.29) is 53.1 Å². The molecule has 2 fully saturated rings. The molecule has 2 aromatic carbocycles. The molecule has 208 valence electrons. The average Bonchev–Trinajstić information content (AvgIpc) is 3.20. The van der Waals surface area contributed by atoms with Gasteiger partial charge in [0.2, 0.25) is 11.9 Å². The molecule has 2 aliphatic rings. The molecule has 2 aliphatic heterocycles. The van der Waals surface area contributed by atoms with Crippen LogP contribution in [-0.4, -0.2) is 67.2 Å². The number of likely N-dealkylation sites (tertiary alicyclic amines) is 1. The Bertz CT molecular complexity index is 1360. The van der Waals surface area contributed by atoms with Gasteiger partial charge in [0, 0.05) is 43.5 Å². The Balaban J connectivity index is 1.38. The smallest absolute Gasteiger partial charge is 0.228 e. The Morgan fingerprint density at radius 2 is 1.95 bits per heavy atom. The predicted octanol–water partition coefficient (Wildman–Crippen LogP) is 3.68. The van der Waals surface area contributed by atoms with Gasteiger partial charge in [-0.3, -0.25) is 4.79 Å². The van der Waals surface area contributed by atoms with Gasteiger partial charge >= 0.3 is 0 Å². The van der Waals surface area contributed by atoms with E-state index >= 15 is 4.39 Å². The van der Waals surface area contributed by atoms with Crippen LogP contribution in [0.2, 0.25) is 0 Å². The van der Waals surface area contributed by atoms with E-state index in [2.05, 4.69) is 15.3 Å². The van der Waals surface area contributed by atoms with Crippen molar-refractivity contribution < 1.29 is 23.0 Å². The number of anilines is 2. The van der Waals surface area contributed by atoms with E-state index in [1.165, 1.54) is 26.4 Å². The summed E-state index contributed by atoms with van der Waals surface area (Å²) in [5.41, 5.74) is 7.20. The number of nitrogen functional groups attached to an aromatic ring is 1. The number of nitrogens with one attached hydrogen (secondary N) is 1. The third-order valence-electron chi connectivity index (χ3n) is 7.74. The molecular formula is C28H34F2N6O3. The molecule has 9 nitrogen and oxygen atoms in total. The molecule has 3 N–H and O–H groups in total. The quantitative estimate of drug-likeness (QED) is 0.446. The van der Waals surface area contributed by atoms with Crippen molar-refractivity contribution in [2.45, 2.75) is 38.3 Å². The molecule has 39 heavy (non-hydrogen) atoms. The second-order valence-electron chi connectivity index (χ2n) is 10.1. The Morgan fingerprint density at radius 3 is 2.64 bits per heavy atom. The largest absolute Gasteiger partial charge is 0.493 e. The normalized spacial score (nSPS) is 19.7. The molecule has 0 aliphatic carbocycles. The van der Waals surface area contributed by atoms with Crippen LogP contribution in [0.5, 0.6) is 11.5 Å². The summed E-state index contributed by atoms with van der Waals surface area (Å²) >= 11 is 0. The van der Waals surface area contributed by atoms with Gasteiger partial charge in [0.15, 0.2) is 17.3 Å². The molecule has 3 atom stereocenters. The summed E-state index contributed by atoms with van der Waals surface area (Å²) in [5, 5.41) is 3.70. The fourth-order valence-corrected chi connectivity index (χ4v) is 5.77. The number of nitrogens with two attached hydrogens (primary N) is 1. The van der Waals surface area contributed by atoms with Crippen molar-refractivity contribution in [2.24, 2.45) is 5.92 Å². The van der Waals surface area contributed by atoms with E-state index in [4.69, 9.17) is 15.2 Å². The van der Waals surface area contributed by atoms with Gasteiger partial charge in [0.25, 0.3) is 0 Å². The molecule has 0 radical (unpaired) electrons. The van der Waals surface area contributed by atoms with Crippen molar-refractivity contribution in [1.29, 1.82) is 0 Å². The minimum atomic E-state index is -0.659. The number of benzene rings is 2. The van der Waals surface area contributed by atoms with Gasteiger partial charge in [0.05, 0.1) is 14.2 Å². The minimum Gasteiger partial charge on any atom is -0.493 e. The number of ether oxygens (including phenoxy) is 2. The summed E-state index contributed by atoms with van der Waals surface area (Å²) in [6.45, 7) is 4.55. The molecule has 1 amide bonds. The number of hydrogen-bond acceptors (Lipinski definition) is 8. The van der Waals surface area contributed by atoms with Crippen LogP contribution in [-0.2, 0) is 4.79 Å². The highest BCUT2D eigenvalue weighted by atomic mass is 19.1. The van der Waals surface area contributed by atoms with Crippen LogP contribution in [0, 0.1) is 17.6 Å². The zero-order valence-corrected chi connectivity index (χ0v) is 22.4. The number of aromatic nitrogens is 2. The third-order valence-corrected chi connectivity index (χ3v) is 7.74. The van der Waals surface area contributed by atoms with Crippen LogP contribution in [0.15, 0.2) is 30.3 Å². The Hall–Kier alpha value is -3.73. The van der Waals surface area contributed by atoms with Crippen molar-refractivity contribution in [3.63, 3.8) is 0 Å². The molecule has 2 saturated heterocycles. The SMILES string of the molecule is CCN[C@H](CC(=O)N1CCC2CC(C1)N(c1nc(N)c3cc(OC)c(OC)c(F)c3n1)C2)c1ccc(F)cc1. The second kappa shape index (κ2) is 11.2. The van der Waals surface area contributed by atoms with Crippen LogP contribution in [0.25, 0.3) is 10.9 Å². The summed E-state index contributed by atoms with van der Waals surface area (Å²) in [6, 6.07) is 7.60. The van der Waals surface area contributed by atoms with Gasteiger partial charge in [0.1, 0.15) is 17.2 Å². The van der Waals surface area contributed by atoms with E-state index in [9.17, 15) is 9.18 Å². The van der Waals surface area contributed by atoms with Crippen LogP contribution in [0.1, 0.15) is 37.8 Å². The lowest BCUT2D eigenvalue weighted by Gasteiger charge is -2.33. The maximum absolute atomic E-state index is 15.4. The number of nitrogens with zero attached hydrogens (tertiary/aromatic N) is 4. The van der Waals surface area contributed by atoms with Gasteiger partial charge in [-0.2, -0.15) is 4.98 Å². The highest BCUT2D eigenvalue weighted by Crippen LogP contribution is 2.39. The molecule has 0 spiro atoms. The van der Waals surface area contributed by atoms with Gasteiger partial charge < -0.3 is 30.3 Å². The first-order valence-corrected chi connectivity index (χ1v) is 13.2. The summed E-state index contributed by atoms with van der Waals surface area (Å²) in [6.07, 6.45) is 2.00. The maximum Gasteiger partial charge on any atom is 0.228 e. The molecule has 3 heterocycles. The van der Waals surface area contributed by atoms with Crippen molar-refractivity contribution in [3.8, 4) is 11.5 Å². The minimum absolute atomic E-state index is 0.0232. The van der Waals surface area contributed by atoms with Crippen molar-refractivity contribution >= 4 is 28.6 Å². The molecule has 2 unspecified atom stereocenters. The molecule has 3 aromatic rings. The number of carbonyl (C=O) groups excluding carboxylic acids is 1. The second-order valence-corrected chi connectivity index (χ2v) is 10.1. The Morgan fingerprint density at radius 1 is 1.18 bits per heavy atom. The van der Waals surface area contributed by atoms with Crippen molar-refractivity contribution in [1.82, 2.24) is 20.2 Å². The zero-order valence-electron chi connectivity index (χ0n) is 22.4. The van der Waals surface area contributed by atoms with E-state index < -0.39 is 5.82 Å². The first kappa shape index (κ1) is 26.9. The van der Waals surface area contributed by atoms with Crippen molar-refractivity contribution in [2.75, 3.05) is 51.0 Å². The lowest BCUT2D eigenvalue weighted by molar-refractivity contribution is -0.132. The van der Waals surface area contributed by atoms with E-state index in [1.54, 1.807) is 18.2 Å². The van der Waals surface area contributed by atoms with Crippen LogP contribution >= 0.6 is 0 Å². The van der Waals surface area contributed by atoms with Crippen molar-refractivity contribution in [3.05, 3.63) is 47.5 Å². The fraction of sp³-hybridized carbons (Fsp3) is 0.464. The monoisotopic (exact) mass is 540 g/mol. The van der Waals surface area contributed by atoms with E-state index in [0.717, 1.165) is 18.4 Å². The average molecular weight is 541 g/mol. The lowest BCUT2D eigenvalue weighted by atomic mass is 10.0. The first-order valence-electron chi connectivity index (χ1n) is 13.2. The predicted molar refractivity (Wildman–Crippen MR) is 145 cm³/mol. The van der Waals surface area contributed by atoms with E-state index in [1.807, 2.05) is 16.7 Å². The third kappa shape index (κ3) is 5.27. The standard InChI is InChI=1S/C28H34F2N6O3/c1-4-32-21(17-5-7-18(29)8-6-17)13-23(37)35-10-9-16-11-19(15-35)36(14-16)28-33-25-20(27(31)34-28)12-22(38-2)26(39-3)24(25)30/h5-8,12,16,19,21,32H,4,9-11,13-15H2,1-3H3,(H2,31,33,34)/t16?,19?,21-/m1/s1. The van der Waals surface area contributed by atoms with Crippen LogP contribution in [0.4, 0.5) is 20.5 Å². The van der Waals surface area contributed by atoms with Gasteiger partial charge in [-0.1, -0.05) is 19.1 Å². The van der Waals surface area contributed by atoms with Crippen LogP contribution < -0.4 is 25.4 Å². The Kier molecular flexibility index (Phi) is 7.69. The number of rotatable bonds is 8. The summed E-state index contributed by atoms with van der Waals surface area (Å²) in [5.74, 6) is 0.0694. The number of methoxy groups -OCH3 is 2.